The van der Waals surface area contributed by atoms with E-state index in [-0.39, 0.29) is 18.1 Å². The van der Waals surface area contributed by atoms with Crippen molar-refractivity contribution in [2.24, 2.45) is 0 Å². The van der Waals surface area contributed by atoms with Gasteiger partial charge >= 0.3 is 5.97 Å². The Hall–Kier alpha value is -1.30. The zero-order chi connectivity index (χ0) is 14.6. The van der Waals surface area contributed by atoms with Crippen LogP contribution in [0.5, 0.6) is 0 Å². The highest BCUT2D eigenvalue weighted by molar-refractivity contribution is 9.10. The van der Waals surface area contributed by atoms with Crippen LogP contribution < -0.4 is 11.1 Å². The summed E-state index contributed by atoms with van der Waals surface area (Å²) >= 11 is 3.22. The van der Waals surface area contributed by atoms with E-state index in [1.807, 2.05) is 20.8 Å². The molecule has 0 spiro atoms. The molecule has 0 saturated heterocycles. The third kappa shape index (κ3) is 5.46. The lowest BCUT2D eigenvalue weighted by Gasteiger charge is -2.19. The van der Waals surface area contributed by atoms with E-state index in [1.54, 1.807) is 0 Å². The monoisotopic (exact) mass is 332 g/mol. The number of benzene rings is 1. The maximum absolute atomic E-state index is 13.0. The fourth-order valence-electron chi connectivity index (χ4n) is 1.46. The van der Waals surface area contributed by atoms with Crippen molar-refractivity contribution in [1.82, 2.24) is 0 Å². The molecule has 4 nitrogen and oxygen atoms in total. The Morgan fingerprint density at radius 1 is 1.47 bits per heavy atom. The van der Waals surface area contributed by atoms with Crippen LogP contribution >= 0.6 is 15.9 Å². The van der Waals surface area contributed by atoms with E-state index in [1.165, 1.54) is 12.1 Å². The molecule has 0 atom stereocenters. The maximum atomic E-state index is 13.0. The average molecular weight is 333 g/mol. The van der Waals surface area contributed by atoms with Crippen LogP contribution in [-0.2, 0) is 9.53 Å². The second-order valence-electron chi connectivity index (χ2n) is 5.12. The molecule has 1 rings (SSSR count). The van der Waals surface area contributed by atoms with Gasteiger partial charge in [0.1, 0.15) is 11.4 Å². The third-order valence-corrected chi connectivity index (χ3v) is 2.76. The quantitative estimate of drug-likeness (QED) is 0.655. The zero-order valence-electron chi connectivity index (χ0n) is 11.2. The van der Waals surface area contributed by atoms with Crippen LogP contribution in [0.15, 0.2) is 16.6 Å². The lowest BCUT2D eigenvalue weighted by molar-refractivity contribution is -0.154. The number of halogens is 2. The van der Waals surface area contributed by atoms with Gasteiger partial charge in [0.05, 0.1) is 17.8 Å². The minimum Gasteiger partial charge on any atom is -0.460 e. The van der Waals surface area contributed by atoms with E-state index in [9.17, 15) is 9.18 Å². The number of hydrogen-bond acceptors (Lipinski definition) is 4. The molecule has 6 heteroatoms. The van der Waals surface area contributed by atoms with Crippen molar-refractivity contribution in [1.29, 1.82) is 0 Å². The first kappa shape index (κ1) is 15.8. The molecule has 3 N–H and O–H groups in total. The number of ether oxygens (including phenoxy) is 1. The van der Waals surface area contributed by atoms with Crippen LogP contribution in [0.2, 0.25) is 0 Å². The number of anilines is 2. The highest BCUT2D eigenvalue weighted by Crippen LogP contribution is 2.29. The van der Waals surface area contributed by atoms with Gasteiger partial charge in [0.15, 0.2) is 0 Å². The Labute approximate surface area is 120 Å². The summed E-state index contributed by atoms with van der Waals surface area (Å²) in [6, 6.07) is 2.53. The molecule has 0 bridgehead atoms. The van der Waals surface area contributed by atoms with Crippen molar-refractivity contribution in [2.45, 2.75) is 32.8 Å². The SMILES string of the molecule is CC(C)(C)OC(=O)CCNc1c(N)cc(F)cc1Br. The van der Waals surface area contributed by atoms with Gasteiger partial charge in [0.2, 0.25) is 0 Å². The van der Waals surface area contributed by atoms with Gasteiger partial charge in [0, 0.05) is 11.0 Å². The average Bonchev–Trinajstić information content (AvgIpc) is 2.19. The zero-order valence-corrected chi connectivity index (χ0v) is 12.8. The molecule has 0 unspecified atom stereocenters. The summed E-state index contributed by atoms with van der Waals surface area (Å²) in [7, 11) is 0. The van der Waals surface area contributed by atoms with Crippen LogP contribution in [0.25, 0.3) is 0 Å². The second kappa shape index (κ2) is 6.23. The molecule has 0 aliphatic heterocycles. The van der Waals surface area contributed by atoms with E-state index in [2.05, 4.69) is 21.2 Å². The number of carbonyl (C=O) groups is 1. The molecular formula is C13H18BrFN2O2. The molecule has 106 valence electrons. The number of rotatable bonds is 4. The van der Waals surface area contributed by atoms with Crippen molar-refractivity contribution in [2.75, 3.05) is 17.6 Å². The number of nitrogens with one attached hydrogen (secondary N) is 1. The predicted octanol–water partition coefficient (Wildman–Crippen LogP) is 3.31. The molecule has 1 aromatic rings. The highest BCUT2D eigenvalue weighted by atomic mass is 79.9. The van der Waals surface area contributed by atoms with Gasteiger partial charge in [-0.1, -0.05) is 0 Å². The first-order valence-electron chi connectivity index (χ1n) is 5.89. The standard InChI is InChI=1S/C13H18BrFN2O2/c1-13(2,3)19-11(18)4-5-17-12-9(14)6-8(15)7-10(12)16/h6-7,17H,4-5,16H2,1-3H3. The Bertz CT molecular complexity index is 449. The van der Waals surface area contributed by atoms with Gasteiger partial charge < -0.3 is 15.8 Å². The van der Waals surface area contributed by atoms with E-state index in [4.69, 9.17) is 10.5 Å². The smallest absolute Gasteiger partial charge is 0.308 e. The Morgan fingerprint density at radius 3 is 2.63 bits per heavy atom. The fourth-order valence-corrected chi connectivity index (χ4v) is 2.05. The molecule has 0 amide bonds. The van der Waals surface area contributed by atoms with Crippen LogP contribution in [0.4, 0.5) is 15.8 Å². The largest absolute Gasteiger partial charge is 0.460 e. The maximum Gasteiger partial charge on any atom is 0.308 e. The summed E-state index contributed by atoms with van der Waals surface area (Å²) in [6.07, 6.45) is 0.209. The molecule has 1 aromatic carbocycles. The van der Waals surface area contributed by atoms with E-state index in [0.717, 1.165) is 0 Å². The van der Waals surface area contributed by atoms with Gasteiger partial charge in [-0.15, -0.1) is 0 Å². The number of hydrogen-bond donors (Lipinski definition) is 2. The van der Waals surface area contributed by atoms with Crippen molar-refractivity contribution in [3.63, 3.8) is 0 Å². The summed E-state index contributed by atoms with van der Waals surface area (Å²) in [5, 5.41) is 2.99. The summed E-state index contributed by atoms with van der Waals surface area (Å²) in [5.74, 6) is -0.709. The van der Waals surface area contributed by atoms with Crippen molar-refractivity contribution in [3.05, 3.63) is 22.4 Å². The molecule has 0 heterocycles. The van der Waals surface area contributed by atoms with Crippen LogP contribution in [0.1, 0.15) is 27.2 Å². The molecular weight excluding hydrogens is 315 g/mol. The first-order chi connectivity index (χ1) is 8.69. The highest BCUT2D eigenvalue weighted by Gasteiger charge is 2.16. The Balaban J connectivity index is 2.52. The first-order valence-corrected chi connectivity index (χ1v) is 6.68. The molecule has 19 heavy (non-hydrogen) atoms. The second-order valence-corrected chi connectivity index (χ2v) is 5.97. The minimum atomic E-state index is -0.493. The fraction of sp³-hybridized carbons (Fsp3) is 0.462. The molecule has 0 fully saturated rings. The lowest BCUT2D eigenvalue weighted by atomic mass is 10.2. The molecule has 0 saturated carbocycles. The summed E-state index contributed by atoms with van der Waals surface area (Å²) in [6.45, 7) is 5.80. The summed E-state index contributed by atoms with van der Waals surface area (Å²) < 4.78 is 18.7. The van der Waals surface area contributed by atoms with E-state index >= 15 is 0 Å². The summed E-state index contributed by atoms with van der Waals surface area (Å²) in [4.78, 5) is 11.5. The molecule has 0 aliphatic carbocycles. The Morgan fingerprint density at radius 2 is 2.11 bits per heavy atom. The Kier molecular flexibility index (Phi) is 5.17. The van der Waals surface area contributed by atoms with Gasteiger partial charge in [-0.2, -0.15) is 0 Å². The number of nitrogen functional groups attached to an aromatic ring is 1. The lowest BCUT2D eigenvalue weighted by Crippen LogP contribution is -2.25. The van der Waals surface area contributed by atoms with Crippen molar-refractivity contribution in [3.8, 4) is 0 Å². The van der Waals surface area contributed by atoms with Gasteiger partial charge in [0.25, 0.3) is 0 Å². The summed E-state index contributed by atoms with van der Waals surface area (Å²) in [5.41, 5.74) is 6.06. The number of nitrogens with two attached hydrogens (primary N) is 1. The van der Waals surface area contributed by atoms with Crippen LogP contribution in [0, 0.1) is 5.82 Å². The van der Waals surface area contributed by atoms with Gasteiger partial charge in [-0.3, -0.25) is 4.79 Å². The molecule has 0 aromatic heterocycles. The van der Waals surface area contributed by atoms with E-state index < -0.39 is 11.4 Å². The number of carbonyl (C=O) groups excluding carboxylic acids is 1. The molecule has 0 aliphatic rings. The van der Waals surface area contributed by atoms with Crippen molar-refractivity contribution >= 4 is 33.3 Å². The molecule has 0 radical (unpaired) electrons. The van der Waals surface area contributed by atoms with Crippen LogP contribution in [0.3, 0.4) is 0 Å². The van der Waals surface area contributed by atoms with Crippen LogP contribution in [-0.4, -0.2) is 18.1 Å². The number of esters is 1. The van der Waals surface area contributed by atoms with Gasteiger partial charge in [-0.05, 0) is 48.8 Å². The minimum absolute atomic E-state index is 0.209. The normalized spacial score (nSPS) is 11.2. The van der Waals surface area contributed by atoms with Gasteiger partial charge in [-0.25, -0.2) is 4.39 Å². The predicted molar refractivity (Wildman–Crippen MR) is 77.5 cm³/mol. The van der Waals surface area contributed by atoms with E-state index in [0.29, 0.717) is 16.7 Å². The third-order valence-electron chi connectivity index (χ3n) is 2.14. The van der Waals surface area contributed by atoms with Crippen molar-refractivity contribution < 1.29 is 13.9 Å². The topological polar surface area (TPSA) is 64.3 Å².